The molecule has 9 heteroatoms. The number of methoxy groups -OCH3 is 1. The standard InChI is InChI=1S/C20H33N3O4S2/c1-14-5-7-15(8-6-14)23(11-10-20(2,3)27-4)19(26)22-18-21-13-17(29-18)28-12-9-16(24)25/h13-15H,5-12H2,1-4H3,(H,24,25)(H,21,22,26). The Bertz CT molecular complexity index is 672. The van der Waals surface area contributed by atoms with Crippen molar-refractivity contribution in [3.8, 4) is 0 Å². The third-order valence-corrected chi connectivity index (χ3v) is 7.56. The number of carbonyl (C=O) groups excluding carboxylic acids is 1. The number of anilines is 1. The minimum atomic E-state index is -0.813. The van der Waals surface area contributed by atoms with Gasteiger partial charge in [-0.25, -0.2) is 9.78 Å². The van der Waals surface area contributed by atoms with Crippen molar-refractivity contribution in [1.82, 2.24) is 9.88 Å². The molecule has 0 unspecified atom stereocenters. The quantitative estimate of drug-likeness (QED) is 0.498. The van der Waals surface area contributed by atoms with Crippen molar-refractivity contribution in [3.05, 3.63) is 6.20 Å². The van der Waals surface area contributed by atoms with Crippen molar-refractivity contribution in [2.24, 2.45) is 5.92 Å². The SMILES string of the molecule is COC(C)(C)CCN(C(=O)Nc1ncc(SCCC(=O)O)s1)C1CCC(C)CC1. The second-order valence-corrected chi connectivity index (χ2v) is 10.7. The Morgan fingerprint density at radius 3 is 2.69 bits per heavy atom. The highest BCUT2D eigenvalue weighted by molar-refractivity contribution is 8.01. The molecule has 0 spiro atoms. The maximum atomic E-state index is 13.1. The normalized spacial score (nSPS) is 19.7. The van der Waals surface area contributed by atoms with Crippen LogP contribution >= 0.6 is 23.1 Å². The molecule has 29 heavy (non-hydrogen) atoms. The molecule has 1 aromatic rings. The molecule has 1 aromatic heterocycles. The lowest BCUT2D eigenvalue weighted by atomic mass is 9.86. The van der Waals surface area contributed by atoms with Crippen molar-refractivity contribution in [2.75, 3.05) is 24.7 Å². The van der Waals surface area contributed by atoms with Crippen LogP contribution in [0.15, 0.2) is 10.4 Å². The number of amides is 2. The summed E-state index contributed by atoms with van der Waals surface area (Å²) >= 11 is 2.82. The van der Waals surface area contributed by atoms with Crippen LogP contribution in [0.1, 0.15) is 59.3 Å². The fourth-order valence-corrected chi connectivity index (χ4v) is 5.15. The fourth-order valence-electron chi connectivity index (χ4n) is 3.28. The largest absolute Gasteiger partial charge is 0.481 e. The zero-order valence-electron chi connectivity index (χ0n) is 17.8. The number of carboxylic acids is 1. The molecule has 0 aliphatic heterocycles. The zero-order chi connectivity index (χ0) is 21.4. The van der Waals surface area contributed by atoms with Crippen LogP contribution in [-0.2, 0) is 9.53 Å². The molecular weight excluding hydrogens is 410 g/mol. The Hall–Kier alpha value is -1.32. The molecule has 0 atom stereocenters. The molecular formula is C20H33N3O4S2. The highest BCUT2D eigenvalue weighted by Gasteiger charge is 2.30. The van der Waals surface area contributed by atoms with Gasteiger partial charge in [0.05, 0.1) is 22.4 Å². The predicted octanol–water partition coefficient (Wildman–Crippen LogP) is 4.94. The van der Waals surface area contributed by atoms with Gasteiger partial charge < -0.3 is 14.7 Å². The van der Waals surface area contributed by atoms with Crippen molar-refractivity contribution in [2.45, 2.75) is 75.1 Å². The van der Waals surface area contributed by atoms with Crippen LogP contribution in [0.25, 0.3) is 0 Å². The van der Waals surface area contributed by atoms with Gasteiger partial charge in [-0.15, -0.1) is 11.8 Å². The summed E-state index contributed by atoms with van der Waals surface area (Å²) in [5.74, 6) is 0.395. The second kappa shape index (κ2) is 11.2. The monoisotopic (exact) mass is 443 g/mol. The van der Waals surface area contributed by atoms with Gasteiger partial charge in [-0.1, -0.05) is 18.3 Å². The maximum absolute atomic E-state index is 13.1. The summed E-state index contributed by atoms with van der Waals surface area (Å²) in [6, 6.07) is 0.121. The summed E-state index contributed by atoms with van der Waals surface area (Å²) in [7, 11) is 1.70. The first-order valence-electron chi connectivity index (χ1n) is 10.1. The van der Waals surface area contributed by atoms with Crippen LogP contribution in [0, 0.1) is 5.92 Å². The summed E-state index contributed by atoms with van der Waals surface area (Å²) in [6.45, 7) is 6.98. The topological polar surface area (TPSA) is 91.8 Å². The summed E-state index contributed by atoms with van der Waals surface area (Å²) in [4.78, 5) is 29.9. The van der Waals surface area contributed by atoms with E-state index in [2.05, 4.69) is 17.2 Å². The lowest BCUT2D eigenvalue weighted by molar-refractivity contribution is -0.136. The van der Waals surface area contributed by atoms with Crippen LogP contribution in [-0.4, -0.2) is 58.0 Å². The highest BCUT2D eigenvalue weighted by atomic mass is 32.2. The van der Waals surface area contributed by atoms with E-state index in [1.807, 2.05) is 18.7 Å². The van der Waals surface area contributed by atoms with Gasteiger partial charge in [0.15, 0.2) is 5.13 Å². The average Bonchev–Trinajstić information content (AvgIpc) is 3.10. The number of carboxylic acid groups (broad SMARTS) is 1. The van der Waals surface area contributed by atoms with Gasteiger partial charge in [0.1, 0.15) is 0 Å². The molecule has 0 saturated heterocycles. The first kappa shape index (κ1) is 24.0. The predicted molar refractivity (Wildman–Crippen MR) is 118 cm³/mol. The Kier molecular flexibility index (Phi) is 9.23. The van der Waals surface area contributed by atoms with Crippen molar-refractivity contribution < 1.29 is 19.4 Å². The Morgan fingerprint density at radius 1 is 1.38 bits per heavy atom. The molecule has 7 nitrogen and oxygen atoms in total. The van der Waals surface area contributed by atoms with E-state index in [9.17, 15) is 9.59 Å². The summed E-state index contributed by atoms with van der Waals surface area (Å²) in [5.41, 5.74) is -0.282. The van der Waals surface area contributed by atoms with Crippen LogP contribution in [0.4, 0.5) is 9.93 Å². The number of carbonyl (C=O) groups is 2. The number of nitrogens with one attached hydrogen (secondary N) is 1. The van der Waals surface area contributed by atoms with E-state index >= 15 is 0 Å². The second-order valence-electron chi connectivity index (χ2n) is 8.23. The third kappa shape index (κ3) is 8.14. The number of rotatable bonds is 10. The molecule has 0 radical (unpaired) electrons. The summed E-state index contributed by atoms with van der Waals surface area (Å²) in [5, 5.41) is 12.2. The molecule has 1 aliphatic rings. The molecule has 2 rings (SSSR count). The summed E-state index contributed by atoms with van der Waals surface area (Å²) < 4.78 is 6.44. The molecule has 2 N–H and O–H groups in total. The number of nitrogens with zero attached hydrogens (tertiary/aromatic N) is 2. The Labute approximate surface area is 181 Å². The molecule has 1 saturated carbocycles. The minimum Gasteiger partial charge on any atom is -0.481 e. The number of hydrogen-bond donors (Lipinski definition) is 2. The van der Waals surface area contributed by atoms with Gasteiger partial charge in [0.2, 0.25) is 0 Å². The molecule has 1 fully saturated rings. The van der Waals surface area contributed by atoms with Crippen molar-refractivity contribution in [3.63, 3.8) is 0 Å². The van der Waals surface area contributed by atoms with Gasteiger partial charge in [-0.05, 0) is 51.9 Å². The van der Waals surface area contributed by atoms with E-state index in [1.165, 1.54) is 23.1 Å². The van der Waals surface area contributed by atoms with Crippen LogP contribution in [0.2, 0.25) is 0 Å². The molecule has 2 amide bonds. The van der Waals surface area contributed by atoms with Gasteiger partial charge in [0, 0.05) is 25.4 Å². The number of ether oxygens (including phenoxy) is 1. The smallest absolute Gasteiger partial charge is 0.323 e. The van der Waals surface area contributed by atoms with Crippen LogP contribution in [0.5, 0.6) is 0 Å². The average molecular weight is 444 g/mol. The number of aromatic nitrogens is 1. The first-order valence-corrected chi connectivity index (χ1v) is 11.9. The fraction of sp³-hybridized carbons (Fsp3) is 0.750. The highest BCUT2D eigenvalue weighted by Crippen LogP contribution is 2.31. The van der Waals surface area contributed by atoms with Gasteiger partial charge in [-0.3, -0.25) is 10.1 Å². The van der Waals surface area contributed by atoms with Crippen LogP contribution in [0.3, 0.4) is 0 Å². The van der Waals surface area contributed by atoms with Crippen molar-refractivity contribution in [1.29, 1.82) is 0 Å². The molecule has 1 heterocycles. The van der Waals surface area contributed by atoms with E-state index in [0.717, 1.165) is 42.2 Å². The van der Waals surface area contributed by atoms with Gasteiger partial charge in [-0.2, -0.15) is 0 Å². The number of thiazole rings is 1. The van der Waals surface area contributed by atoms with E-state index < -0.39 is 5.97 Å². The molecule has 0 aromatic carbocycles. The molecule has 0 bridgehead atoms. The number of aliphatic carboxylic acids is 1. The Morgan fingerprint density at radius 2 is 2.07 bits per heavy atom. The number of thioether (sulfide) groups is 1. The summed E-state index contributed by atoms with van der Waals surface area (Å²) in [6.07, 6.45) is 6.89. The van der Waals surface area contributed by atoms with E-state index in [4.69, 9.17) is 9.84 Å². The minimum absolute atomic E-state index is 0.105. The van der Waals surface area contributed by atoms with Gasteiger partial charge >= 0.3 is 12.0 Å². The molecule has 1 aliphatic carbocycles. The van der Waals surface area contributed by atoms with Gasteiger partial charge in [0.25, 0.3) is 0 Å². The van der Waals surface area contributed by atoms with Crippen LogP contribution < -0.4 is 5.32 Å². The Balaban J connectivity index is 1.98. The molecule has 164 valence electrons. The van der Waals surface area contributed by atoms with E-state index in [0.29, 0.717) is 17.4 Å². The van der Waals surface area contributed by atoms with Crippen molar-refractivity contribution >= 4 is 40.2 Å². The lowest BCUT2D eigenvalue weighted by Gasteiger charge is -2.37. The van der Waals surface area contributed by atoms with E-state index in [-0.39, 0.29) is 24.1 Å². The zero-order valence-corrected chi connectivity index (χ0v) is 19.4. The first-order chi connectivity index (χ1) is 13.7. The number of urea groups is 1. The third-order valence-electron chi connectivity index (χ3n) is 5.45. The maximum Gasteiger partial charge on any atom is 0.323 e. The lowest BCUT2D eigenvalue weighted by Crippen LogP contribution is -2.46. The van der Waals surface area contributed by atoms with E-state index in [1.54, 1.807) is 13.3 Å². The number of hydrogen-bond acceptors (Lipinski definition) is 6.